The van der Waals surface area contributed by atoms with Crippen LogP contribution < -0.4 is 0 Å². The molecular formula is C13H16N4O. The number of fused-ring (bicyclic) bond motifs is 1. The summed E-state index contributed by atoms with van der Waals surface area (Å²) in [4.78, 5) is 8.97. The largest absolute Gasteiger partial charge is 0.475 e. The van der Waals surface area contributed by atoms with Gasteiger partial charge in [0.05, 0.1) is 12.2 Å². The molecule has 0 fully saturated rings. The normalized spacial score (nSPS) is 19.9. The van der Waals surface area contributed by atoms with Crippen molar-refractivity contribution in [3.8, 4) is 0 Å². The summed E-state index contributed by atoms with van der Waals surface area (Å²) in [7, 11) is 0. The topological polar surface area (TPSA) is 51.8 Å². The summed E-state index contributed by atoms with van der Waals surface area (Å²) in [6.45, 7) is 7.13. The van der Waals surface area contributed by atoms with Crippen molar-refractivity contribution in [3.63, 3.8) is 0 Å². The minimum absolute atomic E-state index is 0.109. The van der Waals surface area contributed by atoms with Crippen LogP contribution in [-0.4, -0.2) is 33.1 Å². The molecule has 94 valence electrons. The molecule has 0 aromatic carbocycles. The zero-order valence-corrected chi connectivity index (χ0v) is 10.8. The van der Waals surface area contributed by atoms with Gasteiger partial charge in [-0.2, -0.15) is 5.10 Å². The van der Waals surface area contributed by atoms with Crippen molar-refractivity contribution in [2.45, 2.75) is 26.8 Å². The van der Waals surface area contributed by atoms with Gasteiger partial charge >= 0.3 is 0 Å². The van der Waals surface area contributed by atoms with E-state index in [0.29, 0.717) is 12.5 Å². The number of hydrogen-bond donors (Lipinski definition) is 0. The number of aliphatic imine (C=N–C) groups is 1. The molecule has 0 bridgehead atoms. The lowest BCUT2D eigenvalue weighted by atomic mass is 9.88. The molecule has 2 aromatic heterocycles. The van der Waals surface area contributed by atoms with Crippen LogP contribution in [0.1, 0.15) is 26.3 Å². The van der Waals surface area contributed by atoms with Crippen LogP contribution in [0.3, 0.4) is 0 Å². The van der Waals surface area contributed by atoms with E-state index in [1.54, 1.807) is 16.9 Å². The van der Waals surface area contributed by atoms with Gasteiger partial charge in [0, 0.05) is 12.4 Å². The Morgan fingerprint density at radius 1 is 1.39 bits per heavy atom. The van der Waals surface area contributed by atoms with Crippen LogP contribution in [0.15, 0.2) is 29.6 Å². The van der Waals surface area contributed by atoms with Crippen molar-refractivity contribution in [1.82, 2.24) is 14.6 Å². The fourth-order valence-electron chi connectivity index (χ4n) is 1.94. The second kappa shape index (κ2) is 3.80. The van der Waals surface area contributed by atoms with Gasteiger partial charge in [-0.25, -0.2) is 14.5 Å². The quantitative estimate of drug-likeness (QED) is 0.770. The van der Waals surface area contributed by atoms with Gasteiger partial charge in [0.2, 0.25) is 5.90 Å². The van der Waals surface area contributed by atoms with Crippen molar-refractivity contribution < 1.29 is 4.74 Å². The van der Waals surface area contributed by atoms with Crippen LogP contribution in [0.2, 0.25) is 0 Å². The lowest BCUT2D eigenvalue weighted by Crippen LogP contribution is -2.25. The third-order valence-corrected chi connectivity index (χ3v) is 3.16. The molecule has 1 atom stereocenters. The standard InChI is InChI=1S/C13H16N4O/c1-13(2,3)10-8-18-12(16-10)9-7-15-17-6-4-5-14-11(9)17/h4-7,10H,8H2,1-3H3/t10-/m1/s1. The van der Waals surface area contributed by atoms with Crippen molar-refractivity contribution in [1.29, 1.82) is 0 Å². The van der Waals surface area contributed by atoms with Crippen molar-refractivity contribution in [2.24, 2.45) is 10.4 Å². The van der Waals surface area contributed by atoms with Crippen LogP contribution >= 0.6 is 0 Å². The van der Waals surface area contributed by atoms with E-state index < -0.39 is 0 Å². The predicted octanol–water partition coefficient (Wildman–Crippen LogP) is 1.92. The highest BCUT2D eigenvalue weighted by Crippen LogP contribution is 2.27. The van der Waals surface area contributed by atoms with Crippen LogP contribution in [-0.2, 0) is 4.74 Å². The lowest BCUT2D eigenvalue weighted by molar-refractivity contribution is 0.236. The van der Waals surface area contributed by atoms with Gasteiger partial charge < -0.3 is 4.74 Å². The second-order valence-corrected chi connectivity index (χ2v) is 5.57. The van der Waals surface area contributed by atoms with Crippen molar-refractivity contribution >= 4 is 11.5 Å². The first-order valence-corrected chi connectivity index (χ1v) is 6.05. The maximum atomic E-state index is 5.70. The monoisotopic (exact) mass is 244 g/mol. The summed E-state index contributed by atoms with van der Waals surface area (Å²) in [5.74, 6) is 0.656. The zero-order chi connectivity index (χ0) is 12.8. The molecule has 18 heavy (non-hydrogen) atoms. The lowest BCUT2D eigenvalue weighted by Gasteiger charge is -2.21. The fourth-order valence-corrected chi connectivity index (χ4v) is 1.94. The van der Waals surface area contributed by atoms with E-state index in [2.05, 4.69) is 35.8 Å². The zero-order valence-electron chi connectivity index (χ0n) is 10.8. The molecule has 0 unspecified atom stereocenters. The van der Waals surface area contributed by atoms with Gasteiger partial charge in [0.15, 0.2) is 5.65 Å². The highest BCUT2D eigenvalue weighted by molar-refractivity contribution is 6.00. The fraction of sp³-hybridized carbons (Fsp3) is 0.462. The summed E-state index contributed by atoms with van der Waals surface area (Å²) in [5, 5.41) is 4.24. The smallest absolute Gasteiger partial charge is 0.222 e. The molecule has 5 heteroatoms. The summed E-state index contributed by atoms with van der Waals surface area (Å²) >= 11 is 0. The van der Waals surface area contributed by atoms with Gasteiger partial charge in [-0.05, 0) is 11.5 Å². The summed E-state index contributed by atoms with van der Waals surface area (Å²) in [6.07, 6.45) is 5.37. The first-order valence-electron chi connectivity index (χ1n) is 6.05. The summed E-state index contributed by atoms with van der Waals surface area (Å²) in [6, 6.07) is 2.03. The Kier molecular flexibility index (Phi) is 2.36. The molecule has 0 saturated carbocycles. The molecule has 0 spiro atoms. The molecule has 3 heterocycles. The van der Waals surface area contributed by atoms with Gasteiger partial charge in [0.1, 0.15) is 12.2 Å². The Bertz CT molecular complexity index is 609. The third kappa shape index (κ3) is 1.75. The Balaban J connectivity index is 2.01. The number of rotatable bonds is 1. The highest BCUT2D eigenvalue weighted by Gasteiger charge is 2.31. The van der Waals surface area contributed by atoms with E-state index in [-0.39, 0.29) is 11.5 Å². The number of ether oxygens (including phenoxy) is 1. The molecule has 1 aliphatic heterocycles. The first-order chi connectivity index (χ1) is 8.55. The minimum atomic E-state index is 0.109. The SMILES string of the molecule is CC(C)(C)[C@H]1COC(c2cnn3cccnc23)=N1. The second-order valence-electron chi connectivity index (χ2n) is 5.57. The van der Waals surface area contributed by atoms with Gasteiger partial charge in [-0.1, -0.05) is 20.8 Å². The van der Waals surface area contributed by atoms with E-state index in [0.717, 1.165) is 11.2 Å². The Morgan fingerprint density at radius 3 is 2.94 bits per heavy atom. The molecular weight excluding hydrogens is 228 g/mol. The maximum Gasteiger partial charge on any atom is 0.222 e. The van der Waals surface area contributed by atoms with Crippen LogP contribution in [0.4, 0.5) is 0 Å². The first kappa shape index (κ1) is 11.2. The van der Waals surface area contributed by atoms with Crippen LogP contribution in [0.5, 0.6) is 0 Å². The molecule has 5 nitrogen and oxygen atoms in total. The number of aromatic nitrogens is 3. The molecule has 2 aromatic rings. The molecule has 1 aliphatic rings. The predicted molar refractivity (Wildman–Crippen MR) is 68.7 cm³/mol. The van der Waals surface area contributed by atoms with Gasteiger partial charge in [-0.3, -0.25) is 0 Å². The molecule has 0 N–H and O–H groups in total. The Morgan fingerprint density at radius 2 is 2.22 bits per heavy atom. The van der Waals surface area contributed by atoms with Crippen molar-refractivity contribution in [3.05, 3.63) is 30.2 Å². The van der Waals surface area contributed by atoms with Crippen molar-refractivity contribution in [2.75, 3.05) is 6.61 Å². The summed E-state index contributed by atoms with van der Waals surface area (Å²) < 4.78 is 7.43. The average molecular weight is 244 g/mol. The van der Waals surface area contributed by atoms with E-state index >= 15 is 0 Å². The van der Waals surface area contributed by atoms with E-state index in [1.165, 1.54) is 0 Å². The van der Waals surface area contributed by atoms with Gasteiger partial charge in [0.25, 0.3) is 0 Å². The number of nitrogens with zero attached hydrogens (tertiary/aromatic N) is 4. The van der Waals surface area contributed by atoms with E-state index in [9.17, 15) is 0 Å². The maximum absolute atomic E-state index is 5.70. The van der Waals surface area contributed by atoms with E-state index in [4.69, 9.17) is 4.74 Å². The molecule has 0 saturated heterocycles. The third-order valence-electron chi connectivity index (χ3n) is 3.16. The molecule has 0 radical (unpaired) electrons. The minimum Gasteiger partial charge on any atom is -0.475 e. The van der Waals surface area contributed by atoms with E-state index in [1.807, 2.05) is 12.3 Å². The Labute approximate surface area is 106 Å². The number of hydrogen-bond acceptors (Lipinski definition) is 4. The average Bonchev–Trinajstić information content (AvgIpc) is 2.94. The summed E-state index contributed by atoms with van der Waals surface area (Å²) in [5.41, 5.74) is 1.76. The van der Waals surface area contributed by atoms with Gasteiger partial charge in [-0.15, -0.1) is 0 Å². The molecule has 0 aliphatic carbocycles. The molecule has 0 amide bonds. The van der Waals surface area contributed by atoms with Crippen LogP contribution in [0, 0.1) is 5.41 Å². The highest BCUT2D eigenvalue weighted by atomic mass is 16.5. The Hall–Kier alpha value is -1.91. The molecule has 3 rings (SSSR count). The van der Waals surface area contributed by atoms with Crippen LogP contribution in [0.25, 0.3) is 5.65 Å².